The first kappa shape index (κ1) is 47.3. The zero-order chi connectivity index (χ0) is 46.3. The molecule has 1 radical (unpaired) electrons. The molecule has 0 aliphatic carbocycles. The van der Waals surface area contributed by atoms with Gasteiger partial charge in [0.25, 0.3) is 0 Å². The van der Waals surface area contributed by atoms with Crippen molar-refractivity contribution < 1.29 is 24.5 Å². The van der Waals surface area contributed by atoms with Crippen LogP contribution in [-0.4, -0.2) is 32.8 Å². The number of para-hydroxylation sites is 2. The predicted molar refractivity (Wildman–Crippen MR) is 276 cm³/mol. The fraction of sp³-hybridized carbons (Fsp3) is 0.220. The van der Waals surface area contributed by atoms with Gasteiger partial charge in [0, 0.05) is 31.2 Å². The van der Waals surface area contributed by atoms with Crippen molar-refractivity contribution in [3.05, 3.63) is 174 Å². The standard InChI is InChI=1S/C41H31N4O.C18H24GeN.Ir/c1-24(2)34-21-29(28-17-16-26-10-5-6-11-27(26)20-28)22-35(25(3)4)38(34)45-37-15-8-7-14-36(37)44-40(45)33-13-9-12-31-32-19-18-30(23-42)43-41(32)46-39(31)33;1-14(2)11-16-12-18(15-9-7-6-8-10-15)20-13-17(16)19(3,4)5;/h5-12,14-22,24-25H,1-4H3;6-9,12-14H,11H2,1-5H3;/q2*-1;. The number of aromatic nitrogens is 4. The third-order valence-corrected chi connectivity index (χ3v) is 16.7. The molecule has 0 saturated carbocycles. The molecule has 0 atom stereocenters. The van der Waals surface area contributed by atoms with Crippen molar-refractivity contribution in [3.63, 3.8) is 0 Å². The minimum atomic E-state index is -1.86. The van der Waals surface area contributed by atoms with Crippen molar-refractivity contribution in [1.29, 1.82) is 5.26 Å². The Bertz CT molecular complexity index is 3420. The van der Waals surface area contributed by atoms with Gasteiger partial charge in [0.15, 0.2) is 0 Å². The maximum atomic E-state index is 9.45. The van der Waals surface area contributed by atoms with Crippen LogP contribution in [0.5, 0.6) is 0 Å². The Morgan fingerprint density at radius 3 is 2.10 bits per heavy atom. The van der Waals surface area contributed by atoms with Crippen molar-refractivity contribution in [2.75, 3.05) is 0 Å². The number of benzene rings is 6. The third kappa shape index (κ3) is 9.54. The summed E-state index contributed by atoms with van der Waals surface area (Å²) in [6, 6.07) is 55.0. The minimum absolute atomic E-state index is 0. The second-order valence-electron chi connectivity index (χ2n) is 19.3. The van der Waals surface area contributed by atoms with E-state index in [1.54, 1.807) is 10.5 Å². The average molecular weight is 1110 g/mol. The molecule has 0 bridgehead atoms. The molecule has 6 nitrogen and oxygen atoms in total. The van der Waals surface area contributed by atoms with E-state index in [4.69, 9.17) is 14.4 Å². The molecule has 0 aliphatic rings. The van der Waals surface area contributed by atoms with Crippen LogP contribution < -0.4 is 4.40 Å². The molecule has 8 heteroatoms. The smallest absolute Gasteiger partial charge is 0.217 e. The zero-order valence-electron chi connectivity index (χ0n) is 39.7. The first-order valence-corrected chi connectivity index (χ1v) is 30.4. The summed E-state index contributed by atoms with van der Waals surface area (Å²) in [6.45, 7) is 13.6. The van der Waals surface area contributed by atoms with E-state index in [-0.39, 0.29) is 31.9 Å². The molecule has 10 aromatic rings. The maximum Gasteiger partial charge on any atom is 0.217 e. The summed E-state index contributed by atoms with van der Waals surface area (Å²) in [5.74, 6) is 9.23. The summed E-state index contributed by atoms with van der Waals surface area (Å²) in [7, 11) is 0. The van der Waals surface area contributed by atoms with Crippen molar-refractivity contribution in [3.8, 4) is 45.5 Å². The Hall–Kier alpha value is -6.17. The molecule has 0 saturated heterocycles. The topological polar surface area (TPSA) is 80.5 Å². The van der Waals surface area contributed by atoms with Gasteiger partial charge in [-0.05, 0) is 87.3 Å². The van der Waals surface area contributed by atoms with Gasteiger partial charge in [0.1, 0.15) is 11.8 Å². The Labute approximate surface area is 410 Å². The Kier molecular flexibility index (Phi) is 13.8. The van der Waals surface area contributed by atoms with Gasteiger partial charge in [-0.25, -0.2) is 4.98 Å². The second-order valence-corrected chi connectivity index (χ2v) is 29.9. The molecule has 4 aromatic heterocycles. The summed E-state index contributed by atoms with van der Waals surface area (Å²) in [4.78, 5) is 14.4. The largest absolute Gasteiger partial charge is 0.486 e. The summed E-state index contributed by atoms with van der Waals surface area (Å²) in [5, 5.41) is 13.7. The molecule has 0 fully saturated rings. The van der Waals surface area contributed by atoms with Gasteiger partial charge < -0.3 is 8.98 Å². The third-order valence-electron chi connectivity index (χ3n) is 12.3. The van der Waals surface area contributed by atoms with Crippen LogP contribution in [0.1, 0.15) is 75.8 Å². The van der Waals surface area contributed by atoms with Crippen LogP contribution in [0.4, 0.5) is 0 Å². The van der Waals surface area contributed by atoms with Crippen LogP contribution in [0.25, 0.3) is 83.3 Å². The summed E-state index contributed by atoms with van der Waals surface area (Å²) >= 11 is -1.86. The molecular weight excluding hydrogens is 1060 g/mol. The molecule has 10 rings (SSSR count). The average Bonchev–Trinajstić information content (AvgIpc) is 3.89. The number of nitrogens with zero attached hydrogens (tertiary/aromatic N) is 5. The predicted octanol–water partition coefficient (Wildman–Crippen LogP) is 15.0. The van der Waals surface area contributed by atoms with Crippen LogP contribution in [-0.2, 0) is 26.5 Å². The van der Waals surface area contributed by atoms with Gasteiger partial charge in [0.2, 0.25) is 5.71 Å². The molecular formula is C59H55GeIrN5O-2. The number of nitriles is 1. The van der Waals surface area contributed by atoms with Crippen LogP contribution in [0.3, 0.4) is 0 Å². The number of hydrogen-bond acceptors (Lipinski definition) is 5. The first-order valence-electron chi connectivity index (χ1n) is 23.0. The molecule has 0 N–H and O–H groups in total. The van der Waals surface area contributed by atoms with E-state index in [2.05, 4.69) is 178 Å². The summed E-state index contributed by atoms with van der Waals surface area (Å²) in [5.41, 5.74) is 13.8. The summed E-state index contributed by atoms with van der Waals surface area (Å²) < 4.78 is 10.2. The van der Waals surface area contributed by atoms with Gasteiger partial charge in [-0.15, -0.1) is 18.2 Å². The molecule has 0 spiro atoms. The van der Waals surface area contributed by atoms with E-state index in [1.165, 1.54) is 38.6 Å². The van der Waals surface area contributed by atoms with Crippen LogP contribution in [0, 0.1) is 29.4 Å². The van der Waals surface area contributed by atoms with Gasteiger partial charge in [-0.1, -0.05) is 87.2 Å². The van der Waals surface area contributed by atoms with Crippen molar-refractivity contribution in [1.82, 2.24) is 19.5 Å². The number of pyridine rings is 2. The van der Waals surface area contributed by atoms with Gasteiger partial charge in [-0.3, -0.25) is 4.98 Å². The fourth-order valence-corrected chi connectivity index (χ4v) is 12.4. The quantitative estimate of drug-likeness (QED) is 0.106. The number of fused-ring (bicyclic) bond motifs is 5. The van der Waals surface area contributed by atoms with Crippen molar-refractivity contribution >= 4 is 61.5 Å². The molecule has 6 aromatic carbocycles. The Morgan fingerprint density at radius 1 is 0.701 bits per heavy atom. The molecule has 0 unspecified atom stereocenters. The van der Waals surface area contributed by atoms with E-state index in [0.717, 1.165) is 56.6 Å². The Morgan fingerprint density at radius 2 is 1.42 bits per heavy atom. The first-order chi connectivity index (χ1) is 31.8. The van der Waals surface area contributed by atoms with E-state index in [9.17, 15) is 5.26 Å². The normalized spacial score (nSPS) is 11.7. The van der Waals surface area contributed by atoms with E-state index in [1.807, 2.05) is 42.5 Å². The van der Waals surface area contributed by atoms with Gasteiger partial charge >= 0.3 is 126 Å². The van der Waals surface area contributed by atoms with Gasteiger partial charge in [0.05, 0.1) is 22.4 Å². The molecule has 337 valence electrons. The van der Waals surface area contributed by atoms with Crippen LogP contribution in [0.15, 0.2) is 144 Å². The maximum absolute atomic E-state index is 9.45. The second kappa shape index (κ2) is 19.6. The molecule has 0 amide bonds. The Balaban J connectivity index is 0.000000244. The monoisotopic (exact) mass is 1120 g/mol. The number of hydrogen-bond donors (Lipinski definition) is 0. The fourth-order valence-electron chi connectivity index (χ4n) is 9.11. The molecule has 67 heavy (non-hydrogen) atoms. The van der Waals surface area contributed by atoms with Crippen LogP contribution >= 0.6 is 0 Å². The van der Waals surface area contributed by atoms with Gasteiger partial charge in [-0.2, -0.15) is 5.26 Å². The van der Waals surface area contributed by atoms with Crippen molar-refractivity contribution in [2.45, 2.75) is 77.1 Å². The van der Waals surface area contributed by atoms with Crippen LogP contribution in [0.2, 0.25) is 17.3 Å². The van der Waals surface area contributed by atoms with E-state index < -0.39 is 13.3 Å². The summed E-state index contributed by atoms with van der Waals surface area (Å²) in [6.07, 6.45) is 3.27. The minimum Gasteiger partial charge on any atom is -0.486 e. The number of rotatable bonds is 9. The molecule has 0 aliphatic heterocycles. The number of imidazole rings is 1. The SMILES string of the molecule is CC(C)Cc1cc(-c2[c-]cccc2)nc[c]1[Ge]([CH3])([CH3])[CH3].CC(C)c1cc(-c2ccc3ccccc3c2)cc(C(C)C)c1-n1c(-c2[c-]ccc3c2oc2nc(C#N)ccc23)nc2ccccc21.[Ir]. The van der Waals surface area contributed by atoms with E-state index >= 15 is 0 Å². The van der Waals surface area contributed by atoms with E-state index in [0.29, 0.717) is 22.9 Å². The molecule has 4 heterocycles. The van der Waals surface area contributed by atoms with Crippen molar-refractivity contribution in [2.24, 2.45) is 5.92 Å². The zero-order valence-corrected chi connectivity index (χ0v) is 44.2. The number of furan rings is 1.